The number of aromatic nitrogens is 2. The molecule has 0 fully saturated rings. The second-order valence-electron chi connectivity index (χ2n) is 4.71. The van der Waals surface area contributed by atoms with Crippen molar-refractivity contribution in [3.63, 3.8) is 0 Å². The standard InChI is InChI=1S/C15H17N3O3/c1-9-4-10(2)16-6-11(9)7-18-15(20)12-5-13(19)14(21-3)8-17-12/h4-6,8H,7H2,1-3H3,(H,17,19)(H,18,20). The zero-order valence-electron chi connectivity index (χ0n) is 12.2. The van der Waals surface area contributed by atoms with Crippen LogP contribution in [0.2, 0.25) is 0 Å². The number of methoxy groups -OCH3 is 1. The van der Waals surface area contributed by atoms with Crippen LogP contribution in [0.1, 0.15) is 27.3 Å². The lowest BCUT2D eigenvalue weighted by Gasteiger charge is -2.08. The van der Waals surface area contributed by atoms with Gasteiger partial charge >= 0.3 is 0 Å². The molecule has 1 amide bonds. The predicted octanol–water partition coefficient (Wildman–Crippen LogP) is 1.33. The first kappa shape index (κ1) is 14.8. The number of ether oxygens (including phenoxy) is 1. The van der Waals surface area contributed by atoms with Crippen molar-refractivity contribution in [1.82, 2.24) is 15.3 Å². The maximum Gasteiger partial charge on any atom is 0.268 e. The summed E-state index contributed by atoms with van der Waals surface area (Å²) in [5, 5.41) is 2.75. The van der Waals surface area contributed by atoms with Gasteiger partial charge in [-0.25, -0.2) is 0 Å². The molecule has 2 aromatic heterocycles. The summed E-state index contributed by atoms with van der Waals surface area (Å²) in [6.07, 6.45) is 3.11. The molecular weight excluding hydrogens is 270 g/mol. The average molecular weight is 287 g/mol. The van der Waals surface area contributed by atoms with Crippen LogP contribution >= 0.6 is 0 Å². The third kappa shape index (κ3) is 3.47. The van der Waals surface area contributed by atoms with Crippen molar-refractivity contribution in [3.05, 3.63) is 57.3 Å². The van der Waals surface area contributed by atoms with E-state index in [0.29, 0.717) is 6.54 Å². The average Bonchev–Trinajstić information content (AvgIpc) is 2.46. The SMILES string of the molecule is COc1c[nH]c(C(=O)NCc2cnc(C)cc2C)cc1=O. The Morgan fingerprint density at radius 3 is 2.76 bits per heavy atom. The first-order valence-corrected chi connectivity index (χ1v) is 6.48. The van der Waals surface area contributed by atoms with Crippen molar-refractivity contribution in [2.24, 2.45) is 0 Å². The third-order valence-corrected chi connectivity index (χ3v) is 3.14. The smallest absolute Gasteiger partial charge is 0.268 e. The molecule has 0 radical (unpaired) electrons. The van der Waals surface area contributed by atoms with E-state index in [2.05, 4.69) is 15.3 Å². The normalized spacial score (nSPS) is 10.2. The first-order chi connectivity index (χ1) is 10.0. The minimum Gasteiger partial charge on any atom is -0.491 e. The van der Waals surface area contributed by atoms with Gasteiger partial charge in [-0.2, -0.15) is 0 Å². The number of aryl methyl sites for hydroxylation is 2. The quantitative estimate of drug-likeness (QED) is 0.888. The van der Waals surface area contributed by atoms with Gasteiger partial charge in [-0.05, 0) is 31.0 Å². The highest BCUT2D eigenvalue weighted by atomic mass is 16.5. The van der Waals surface area contributed by atoms with Crippen LogP contribution in [-0.4, -0.2) is 23.0 Å². The predicted molar refractivity (Wildman–Crippen MR) is 78.5 cm³/mol. The van der Waals surface area contributed by atoms with Crippen molar-refractivity contribution >= 4 is 5.91 Å². The zero-order valence-corrected chi connectivity index (χ0v) is 12.2. The fourth-order valence-corrected chi connectivity index (χ4v) is 1.93. The molecule has 0 unspecified atom stereocenters. The fourth-order valence-electron chi connectivity index (χ4n) is 1.93. The minimum atomic E-state index is -0.352. The van der Waals surface area contributed by atoms with Gasteiger partial charge in [-0.1, -0.05) is 0 Å². The Balaban J connectivity index is 2.08. The molecule has 0 aliphatic heterocycles. The number of nitrogens with zero attached hydrogens (tertiary/aromatic N) is 1. The van der Waals surface area contributed by atoms with E-state index in [-0.39, 0.29) is 22.8 Å². The van der Waals surface area contributed by atoms with Crippen LogP contribution < -0.4 is 15.5 Å². The minimum absolute atomic E-state index is 0.171. The van der Waals surface area contributed by atoms with E-state index >= 15 is 0 Å². The molecule has 0 aliphatic rings. The van der Waals surface area contributed by atoms with Gasteiger partial charge in [0.05, 0.1) is 7.11 Å². The van der Waals surface area contributed by atoms with Gasteiger partial charge in [0.25, 0.3) is 5.91 Å². The summed E-state index contributed by atoms with van der Waals surface area (Å²) in [5.41, 5.74) is 2.78. The molecule has 0 spiro atoms. The van der Waals surface area contributed by atoms with Gasteiger partial charge < -0.3 is 15.0 Å². The van der Waals surface area contributed by atoms with Gasteiger partial charge in [0.2, 0.25) is 5.43 Å². The molecular formula is C15H17N3O3. The van der Waals surface area contributed by atoms with Gasteiger partial charge in [0, 0.05) is 30.7 Å². The highest BCUT2D eigenvalue weighted by Gasteiger charge is 2.09. The Morgan fingerprint density at radius 1 is 1.38 bits per heavy atom. The molecule has 6 nitrogen and oxygen atoms in total. The van der Waals surface area contributed by atoms with E-state index < -0.39 is 0 Å². The summed E-state index contributed by atoms with van der Waals surface area (Å²) in [7, 11) is 1.40. The Bertz CT molecular complexity index is 722. The third-order valence-electron chi connectivity index (χ3n) is 3.14. The molecule has 2 aromatic rings. The van der Waals surface area contributed by atoms with E-state index in [1.54, 1.807) is 6.20 Å². The molecule has 0 bridgehead atoms. The molecule has 2 N–H and O–H groups in total. The lowest BCUT2D eigenvalue weighted by atomic mass is 10.1. The van der Waals surface area contributed by atoms with Crippen molar-refractivity contribution in [2.45, 2.75) is 20.4 Å². The number of H-pyrrole nitrogens is 1. The van der Waals surface area contributed by atoms with E-state index in [0.717, 1.165) is 16.8 Å². The Labute approximate surface area is 122 Å². The van der Waals surface area contributed by atoms with Crippen molar-refractivity contribution in [2.75, 3.05) is 7.11 Å². The van der Waals surface area contributed by atoms with Crippen molar-refractivity contribution in [3.8, 4) is 5.75 Å². The Morgan fingerprint density at radius 2 is 2.14 bits per heavy atom. The Kier molecular flexibility index (Phi) is 4.37. The zero-order chi connectivity index (χ0) is 15.4. The summed E-state index contributed by atoms with van der Waals surface area (Å²) in [6.45, 7) is 4.23. The van der Waals surface area contributed by atoms with E-state index in [1.165, 1.54) is 19.4 Å². The van der Waals surface area contributed by atoms with Gasteiger partial charge in [-0.3, -0.25) is 14.6 Å². The van der Waals surface area contributed by atoms with E-state index in [1.807, 2.05) is 19.9 Å². The molecule has 2 heterocycles. The summed E-state index contributed by atoms with van der Waals surface area (Å²) < 4.78 is 4.85. The number of hydrogen-bond donors (Lipinski definition) is 2. The van der Waals surface area contributed by atoms with Crippen LogP contribution in [-0.2, 0) is 6.54 Å². The number of carbonyl (C=O) groups is 1. The second-order valence-corrected chi connectivity index (χ2v) is 4.71. The van der Waals surface area contributed by atoms with Crippen molar-refractivity contribution < 1.29 is 9.53 Å². The number of rotatable bonds is 4. The number of amides is 1. The molecule has 21 heavy (non-hydrogen) atoms. The summed E-state index contributed by atoms with van der Waals surface area (Å²) in [4.78, 5) is 30.5. The Hall–Kier alpha value is -2.63. The molecule has 0 atom stereocenters. The van der Waals surface area contributed by atoms with Crippen LogP contribution in [0.25, 0.3) is 0 Å². The number of nitrogens with one attached hydrogen (secondary N) is 2. The largest absolute Gasteiger partial charge is 0.491 e. The molecule has 0 saturated heterocycles. The lowest BCUT2D eigenvalue weighted by Crippen LogP contribution is -2.25. The van der Waals surface area contributed by atoms with E-state index in [9.17, 15) is 9.59 Å². The molecule has 0 saturated carbocycles. The molecule has 0 aliphatic carbocycles. The van der Waals surface area contributed by atoms with Crippen LogP contribution in [0.3, 0.4) is 0 Å². The lowest BCUT2D eigenvalue weighted by molar-refractivity contribution is 0.0945. The van der Waals surface area contributed by atoms with E-state index in [4.69, 9.17) is 4.74 Å². The van der Waals surface area contributed by atoms with Crippen LogP contribution in [0.15, 0.2) is 29.3 Å². The number of aromatic amines is 1. The topological polar surface area (TPSA) is 84.1 Å². The van der Waals surface area contributed by atoms with Crippen LogP contribution in [0, 0.1) is 13.8 Å². The monoisotopic (exact) mass is 287 g/mol. The summed E-state index contributed by atoms with van der Waals surface area (Å²) in [6, 6.07) is 3.17. The highest BCUT2D eigenvalue weighted by Crippen LogP contribution is 2.08. The summed E-state index contributed by atoms with van der Waals surface area (Å²) >= 11 is 0. The van der Waals surface area contributed by atoms with Gasteiger partial charge in [-0.15, -0.1) is 0 Å². The van der Waals surface area contributed by atoms with Gasteiger partial charge in [0.1, 0.15) is 5.69 Å². The van der Waals surface area contributed by atoms with Crippen LogP contribution in [0.4, 0.5) is 0 Å². The highest BCUT2D eigenvalue weighted by molar-refractivity contribution is 5.92. The number of carbonyl (C=O) groups excluding carboxylic acids is 1. The summed E-state index contributed by atoms with van der Waals surface area (Å²) in [5.74, 6) is -0.181. The molecule has 6 heteroatoms. The van der Waals surface area contributed by atoms with Gasteiger partial charge in [0.15, 0.2) is 5.75 Å². The maximum absolute atomic E-state index is 12.0. The number of hydrogen-bond acceptors (Lipinski definition) is 4. The fraction of sp³-hybridized carbons (Fsp3) is 0.267. The molecule has 2 rings (SSSR count). The number of pyridine rings is 2. The molecule has 0 aromatic carbocycles. The second kappa shape index (κ2) is 6.21. The molecule has 110 valence electrons. The van der Waals surface area contributed by atoms with Crippen LogP contribution in [0.5, 0.6) is 5.75 Å². The van der Waals surface area contributed by atoms with Crippen molar-refractivity contribution in [1.29, 1.82) is 0 Å². The first-order valence-electron chi connectivity index (χ1n) is 6.48. The maximum atomic E-state index is 12.0.